The molecule has 1 amide bonds. The lowest BCUT2D eigenvalue weighted by molar-refractivity contribution is -0.151. The second-order valence-corrected chi connectivity index (χ2v) is 8.56. The van der Waals surface area contributed by atoms with Gasteiger partial charge in [-0.15, -0.1) is 0 Å². The quantitative estimate of drug-likeness (QED) is 0.686. The van der Waals surface area contributed by atoms with Crippen LogP contribution in [0.15, 0.2) is 9.42 Å². The maximum Gasteiger partial charge on any atom is 0.324 e. The van der Waals surface area contributed by atoms with E-state index in [0.29, 0.717) is 19.4 Å². The Morgan fingerprint density at radius 3 is 2.65 bits per heavy atom. The van der Waals surface area contributed by atoms with Crippen molar-refractivity contribution in [2.24, 2.45) is 5.92 Å². The number of rotatable bonds is 7. The Labute approximate surface area is 153 Å². The lowest BCUT2D eigenvalue weighted by atomic mass is 10.2. The maximum absolute atomic E-state index is 12.9. The molecule has 0 saturated carbocycles. The number of ether oxygens (including phenoxy) is 1. The fraction of sp³-hybridized carbons (Fsp3) is 0.688. The highest BCUT2D eigenvalue weighted by Crippen LogP contribution is 2.30. The van der Waals surface area contributed by atoms with Crippen molar-refractivity contribution in [3.05, 3.63) is 11.5 Å². The summed E-state index contributed by atoms with van der Waals surface area (Å²) in [4.78, 5) is 24.0. The zero-order chi connectivity index (χ0) is 19.5. The van der Waals surface area contributed by atoms with Gasteiger partial charge in [-0.1, -0.05) is 19.0 Å². The summed E-state index contributed by atoms with van der Waals surface area (Å²) < 4.78 is 36.9. The minimum atomic E-state index is -3.94. The van der Waals surface area contributed by atoms with Gasteiger partial charge < -0.3 is 14.6 Å². The molecule has 2 rings (SSSR count). The number of amides is 1. The first-order valence-corrected chi connectivity index (χ1v) is 9.96. The van der Waals surface area contributed by atoms with E-state index >= 15 is 0 Å². The first-order valence-electron chi connectivity index (χ1n) is 8.52. The lowest BCUT2D eigenvalue weighted by Crippen LogP contribution is -2.42. The molecule has 0 unspecified atom stereocenters. The minimum Gasteiger partial charge on any atom is -0.454 e. The number of nitrogens with one attached hydrogen (secondary N) is 1. The highest BCUT2D eigenvalue weighted by molar-refractivity contribution is 7.89. The van der Waals surface area contributed by atoms with Crippen molar-refractivity contribution in [2.45, 2.75) is 51.5 Å². The molecule has 0 radical (unpaired) electrons. The second kappa shape index (κ2) is 8.17. The van der Waals surface area contributed by atoms with E-state index in [9.17, 15) is 18.0 Å². The summed E-state index contributed by atoms with van der Waals surface area (Å²) in [6.45, 7) is 7.19. The van der Waals surface area contributed by atoms with Gasteiger partial charge in [-0.3, -0.25) is 9.59 Å². The van der Waals surface area contributed by atoms with Crippen molar-refractivity contribution in [3.8, 4) is 0 Å². The first-order chi connectivity index (χ1) is 12.1. The van der Waals surface area contributed by atoms with Gasteiger partial charge in [0.1, 0.15) is 16.6 Å². The van der Waals surface area contributed by atoms with Gasteiger partial charge in [-0.2, -0.15) is 4.31 Å². The van der Waals surface area contributed by atoms with Crippen LogP contribution in [0.3, 0.4) is 0 Å². The number of hydrogen-bond acceptors (Lipinski definition) is 7. The number of nitrogens with zero attached hydrogens (tertiary/aromatic N) is 2. The molecule has 1 N–H and O–H groups in total. The molecular formula is C16H25N3O6S. The van der Waals surface area contributed by atoms with E-state index in [1.165, 1.54) is 13.8 Å². The van der Waals surface area contributed by atoms with E-state index in [1.807, 2.05) is 13.8 Å². The van der Waals surface area contributed by atoms with Crippen LogP contribution in [-0.2, 0) is 24.3 Å². The Bertz CT molecular complexity index is 751. The van der Waals surface area contributed by atoms with E-state index in [2.05, 4.69) is 10.5 Å². The van der Waals surface area contributed by atoms with Gasteiger partial charge in [-0.25, -0.2) is 8.42 Å². The van der Waals surface area contributed by atoms with Crippen molar-refractivity contribution >= 4 is 21.9 Å². The number of sulfonamides is 1. The Kier molecular flexibility index (Phi) is 6.40. The third-order valence-electron chi connectivity index (χ3n) is 4.06. The monoisotopic (exact) mass is 387 g/mol. The Morgan fingerprint density at radius 2 is 2.08 bits per heavy atom. The molecule has 1 aromatic rings. The fourth-order valence-electron chi connectivity index (χ4n) is 2.83. The zero-order valence-corrected chi connectivity index (χ0v) is 16.3. The summed E-state index contributed by atoms with van der Waals surface area (Å²) in [5, 5.41) is 6.31. The van der Waals surface area contributed by atoms with E-state index in [4.69, 9.17) is 9.26 Å². The lowest BCUT2D eigenvalue weighted by Gasteiger charge is -2.22. The molecule has 10 heteroatoms. The number of aryl methyl sites for hydroxylation is 2. The van der Waals surface area contributed by atoms with E-state index in [-0.39, 0.29) is 28.8 Å². The Hall–Kier alpha value is -1.94. The molecule has 2 heterocycles. The predicted molar refractivity (Wildman–Crippen MR) is 91.7 cm³/mol. The van der Waals surface area contributed by atoms with Gasteiger partial charge in [0.2, 0.25) is 10.0 Å². The molecule has 26 heavy (non-hydrogen) atoms. The van der Waals surface area contributed by atoms with Crippen LogP contribution in [-0.4, -0.2) is 55.5 Å². The van der Waals surface area contributed by atoms with Crippen molar-refractivity contribution < 1.29 is 27.3 Å². The average molecular weight is 387 g/mol. The van der Waals surface area contributed by atoms with Gasteiger partial charge in [0.15, 0.2) is 12.4 Å². The third-order valence-corrected chi connectivity index (χ3v) is 6.22. The average Bonchev–Trinajstić information content (AvgIpc) is 3.18. The largest absolute Gasteiger partial charge is 0.454 e. The van der Waals surface area contributed by atoms with Crippen LogP contribution in [0.25, 0.3) is 0 Å². The predicted octanol–water partition coefficient (Wildman–Crippen LogP) is 0.760. The normalized spacial score (nSPS) is 18.3. The summed E-state index contributed by atoms with van der Waals surface area (Å²) in [7, 11) is -3.94. The van der Waals surface area contributed by atoms with E-state index in [0.717, 1.165) is 4.31 Å². The van der Waals surface area contributed by atoms with Crippen LogP contribution in [0.5, 0.6) is 0 Å². The van der Waals surface area contributed by atoms with Gasteiger partial charge >= 0.3 is 5.97 Å². The fourth-order valence-corrected chi connectivity index (χ4v) is 4.77. The van der Waals surface area contributed by atoms with Gasteiger partial charge in [0.05, 0.1) is 0 Å². The van der Waals surface area contributed by atoms with Crippen molar-refractivity contribution in [1.82, 2.24) is 14.8 Å². The zero-order valence-electron chi connectivity index (χ0n) is 15.4. The van der Waals surface area contributed by atoms with E-state index in [1.54, 1.807) is 0 Å². The smallest absolute Gasteiger partial charge is 0.324 e. The van der Waals surface area contributed by atoms with E-state index < -0.39 is 34.5 Å². The molecule has 0 bridgehead atoms. The van der Waals surface area contributed by atoms with Crippen LogP contribution in [0.1, 0.15) is 38.1 Å². The SMILES string of the molecule is Cc1noc(C)c1S(=O)(=O)N1CCC[C@H]1C(=O)OCC(=O)NCC(C)C. The number of carbonyl (C=O) groups is 2. The molecule has 0 aliphatic carbocycles. The summed E-state index contributed by atoms with van der Waals surface area (Å²) in [5.41, 5.74) is 0.245. The second-order valence-electron chi connectivity index (χ2n) is 6.73. The maximum atomic E-state index is 12.9. The molecule has 0 spiro atoms. The van der Waals surface area contributed by atoms with Crippen molar-refractivity contribution in [3.63, 3.8) is 0 Å². The van der Waals surface area contributed by atoms with Crippen LogP contribution >= 0.6 is 0 Å². The first kappa shape index (κ1) is 20.4. The van der Waals surface area contributed by atoms with Crippen molar-refractivity contribution in [2.75, 3.05) is 19.7 Å². The number of hydrogen-bond donors (Lipinski definition) is 1. The molecule has 0 aromatic carbocycles. The third kappa shape index (κ3) is 4.42. The molecule has 1 aromatic heterocycles. The number of carbonyl (C=O) groups excluding carboxylic acids is 2. The van der Waals surface area contributed by atoms with Crippen molar-refractivity contribution in [1.29, 1.82) is 0 Å². The van der Waals surface area contributed by atoms with Gasteiger partial charge in [-0.05, 0) is 32.6 Å². The molecule has 1 aliphatic heterocycles. The highest BCUT2D eigenvalue weighted by atomic mass is 32.2. The molecule has 146 valence electrons. The number of aromatic nitrogens is 1. The molecule has 9 nitrogen and oxygen atoms in total. The van der Waals surface area contributed by atoms with Gasteiger partial charge in [0, 0.05) is 13.1 Å². The van der Waals surface area contributed by atoms with Crippen LogP contribution < -0.4 is 5.32 Å². The standard InChI is InChI=1S/C16H25N3O6S/c1-10(2)8-17-14(20)9-24-16(21)13-6-5-7-19(13)26(22,23)15-11(3)18-25-12(15)4/h10,13H,5-9H2,1-4H3,(H,17,20)/t13-/m0/s1. The highest BCUT2D eigenvalue weighted by Gasteiger charge is 2.42. The molecule has 1 aliphatic rings. The molecule has 1 fully saturated rings. The Balaban J connectivity index is 2.05. The van der Waals surface area contributed by atoms with Crippen LogP contribution in [0.4, 0.5) is 0 Å². The summed E-state index contributed by atoms with van der Waals surface area (Å²) in [5.74, 6) is -0.683. The van der Waals surface area contributed by atoms with Crippen LogP contribution in [0.2, 0.25) is 0 Å². The molecular weight excluding hydrogens is 362 g/mol. The molecule has 1 saturated heterocycles. The van der Waals surface area contributed by atoms with Gasteiger partial charge in [0.25, 0.3) is 5.91 Å². The molecule has 1 atom stereocenters. The topological polar surface area (TPSA) is 119 Å². The summed E-state index contributed by atoms with van der Waals surface area (Å²) >= 11 is 0. The minimum absolute atomic E-state index is 0.0214. The Morgan fingerprint density at radius 1 is 1.38 bits per heavy atom. The summed E-state index contributed by atoms with van der Waals surface area (Å²) in [6.07, 6.45) is 0.872. The van der Waals surface area contributed by atoms with Crippen LogP contribution in [0, 0.1) is 19.8 Å². The summed E-state index contributed by atoms with van der Waals surface area (Å²) in [6, 6.07) is -0.952. The number of esters is 1.